The topological polar surface area (TPSA) is 105 Å². The van der Waals surface area contributed by atoms with E-state index in [2.05, 4.69) is 10.0 Å². The van der Waals surface area contributed by atoms with Crippen LogP contribution in [0.4, 0.5) is 0 Å². The van der Waals surface area contributed by atoms with Crippen LogP contribution >= 0.6 is 11.6 Å². The molecule has 3 aromatic rings. The Balaban J connectivity index is 1.62. The van der Waals surface area contributed by atoms with Crippen LogP contribution in [0.25, 0.3) is 0 Å². The first-order chi connectivity index (χ1) is 17.0. The van der Waals surface area contributed by atoms with E-state index >= 15 is 0 Å². The second-order valence-electron chi connectivity index (χ2n) is 9.38. The Hall–Kier alpha value is -2.91. The Bertz CT molecular complexity index is 1360. The van der Waals surface area contributed by atoms with Crippen molar-refractivity contribution in [3.63, 3.8) is 0 Å². The summed E-state index contributed by atoms with van der Waals surface area (Å²) in [5.41, 5.74) is 1.19. The van der Waals surface area contributed by atoms with Crippen molar-refractivity contribution in [3.8, 4) is 5.75 Å². The van der Waals surface area contributed by atoms with Crippen LogP contribution in [0, 0.1) is 6.92 Å². The van der Waals surface area contributed by atoms with Gasteiger partial charge in [0.25, 0.3) is 5.91 Å². The number of nitrogens with one attached hydrogen (secondary N) is 2. The number of aryl methyl sites for hydroxylation is 1. The lowest BCUT2D eigenvalue weighted by atomic mass is 9.86. The Labute approximate surface area is 216 Å². The molecule has 0 spiro atoms. The predicted molar refractivity (Wildman–Crippen MR) is 139 cm³/mol. The number of rotatable bonds is 7. The summed E-state index contributed by atoms with van der Waals surface area (Å²) in [5, 5.41) is 14.1. The van der Waals surface area contributed by atoms with Gasteiger partial charge in [-0.25, -0.2) is 13.1 Å². The first kappa shape index (κ1) is 26.2. The van der Waals surface area contributed by atoms with Crippen molar-refractivity contribution in [2.45, 2.75) is 49.8 Å². The highest BCUT2D eigenvalue weighted by molar-refractivity contribution is 7.89. The van der Waals surface area contributed by atoms with E-state index in [4.69, 9.17) is 16.3 Å². The van der Waals surface area contributed by atoms with E-state index in [0.29, 0.717) is 35.4 Å². The van der Waals surface area contributed by atoms with Crippen LogP contribution in [-0.2, 0) is 16.4 Å². The highest BCUT2D eigenvalue weighted by atomic mass is 35.5. The maximum absolute atomic E-state index is 13.4. The molecular weight excluding hydrogens is 500 g/mol. The molecule has 7 nitrogen and oxygen atoms in total. The minimum absolute atomic E-state index is 0.0560. The van der Waals surface area contributed by atoms with Gasteiger partial charge >= 0.3 is 0 Å². The maximum atomic E-state index is 13.4. The molecule has 3 aromatic carbocycles. The number of aliphatic hydroxyl groups is 1. The lowest BCUT2D eigenvalue weighted by molar-refractivity contribution is -0.0603. The number of hydrogen-bond donors (Lipinski definition) is 3. The molecule has 0 fully saturated rings. The Morgan fingerprint density at radius 2 is 1.81 bits per heavy atom. The summed E-state index contributed by atoms with van der Waals surface area (Å²) in [7, 11) is -4.12. The van der Waals surface area contributed by atoms with Gasteiger partial charge in [-0.2, -0.15) is 0 Å². The molecule has 1 aliphatic heterocycles. The zero-order valence-electron chi connectivity index (χ0n) is 20.3. The van der Waals surface area contributed by atoms with Gasteiger partial charge in [-0.3, -0.25) is 4.79 Å². The predicted octanol–water partition coefficient (Wildman–Crippen LogP) is 4.17. The number of aliphatic hydroxyl groups excluding tert-OH is 1. The van der Waals surface area contributed by atoms with Gasteiger partial charge < -0.3 is 15.2 Å². The third-order valence-electron chi connectivity index (χ3n) is 6.26. The fourth-order valence-corrected chi connectivity index (χ4v) is 6.37. The Kier molecular flexibility index (Phi) is 7.43. The molecule has 0 bridgehead atoms. The Morgan fingerprint density at radius 3 is 2.50 bits per heavy atom. The fraction of sp³-hybridized carbons (Fsp3) is 0.296. The molecule has 0 saturated heterocycles. The summed E-state index contributed by atoms with van der Waals surface area (Å²) in [6.07, 6.45) is -0.563. The summed E-state index contributed by atoms with van der Waals surface area (Å²) < 4.78 is 35.3. The number of benzene rings is 3. The van der Waals surface area contributed by atoms with E-state index in [9.17, 15) is 18.3 Å². The Morgan fingerprint density at radius 1 is 1.08 bits per heavy atom. The summed E-state index contributed by atoms with van der Waals surface area (Å²) >= 11 is 6.22. The van der Waals surface area contributed by atoms with Crippen molar-refractivity contribution in [1.29, 1.82) is 0 Å². The van der Waals surface area contributed by atoms with Gasteiger partial charge in [0.2, 0.25) is 10.0 Å². The van der Waals surface area contributed by atoms with Gasteiger partial charge in [0.05, 0.1) is 11.1 Å². The van der Waals surface area contributed by atoms with E-state index in [1.165, 1.54) is 6.07 Å². The number of ether oxygens (including phenoxy) is 1. The summed E-state index contributed by atoms with van der Waals surface area (Å²) in [6, 6.07) is 18.3. The molecule has 36 heavy (non-hydrogen) atoms. The smallest absolute Gasteiger partial charge is 0.251 e. The first-order valence-electron chi connectivity index (χ1n) is 11.6. The first-order valence-corrected chi connectivity index (χ1v) is 13.5. The molecule has 1 heterocycles. The highest BCUT2D eigenvalue weighted by Gasteiger charge is 2.45. The molecule has 0 aromatic heterocycles. The minimum Gasteiger partial charge on any atom is -0.485 e. The van der Waals surface area contributed by atoms with Crippen LogP contribution in [-0.4, -0.2) is 37.7 Å². The van der Waals surface area contributed by atoms with Gasteiger partial charge in [0.1, 0.15) is 22.4 Å². The minimum atomic E-state index is -4.12. The summed E-state index contributed by atoms with van der Waals surface area (Å²) in [6.45, 7) is 5.43. The molecule has 4 rings (SSSR count). The standard InChI is InChI=1S/C27H29ClN2O5S/c1-17-8-7-11-21(28)24(17)36(33,34)30-23-20-16-19(12-13-22(20)35-27(2,3)25(23)31)26(32)29-15-14-18-9-5-4-6-10-18/h4-13,16,23,25,30-31H,14-15H2,1-3H3,(H,29,32)/t23-,25+/m1/s1. The lowest BCUT2D eigenvalue weighted by Crippen LogP contribution is -2.53. The zero-order chi connectivity index (χ0) is 26.1. The molecule has 0 aliphatic carbocycles. The average Bonchev–Trinajstić information content (AvgIpc) is 2.82. The van der Waals surface area contributed by atoms with Crippen molar-refractivity contribution in [3.05, 3.63) is 94.0 Å². The summed E-state index contributed by atoms with van der Waals surface area (Å²) in [4.78, 5) is 12.8. The monoisotopic (exact) mass is 528 g/mol. The quantitative estimate of drug-likeness (QED) is 0.427. The van der Waals surface area contributed by atoms with E-state index in [-0.39, 0.29) is 15.8 Å². The normalized spacial score (nSPS) is 18.7. The number of hydrogen-bond acceptors (Lipinski definition) is 5. The molecule has 2 atom stereocenters. The molecule has 190 valence electrons. The largest absolute Gasteiger partial charge is 0.485 e. The molecule has 9 heteroatoms. The lowest BCUT2D eigenvalue weighted by Gasteiger charge is -2.42. The van der Waals surface area contributed by atoms with E-state index in [1.807, 2.05) is 30.3 Å². The van der Waals surface area contributed by atoms with Crippen molar-refractivity contribution in [1.82, 2.24) is 10.0 Å². The number of carbonyl (C=O) groups is 1. The van der Waals surface area contributed by atoms with Crippen molar-refractivity contribution in [2.24, 2.45) is 0 Å². The van der Waals surface area contributed by atoms with Crippen molar-refractivity contribution in [2.75, 3.05) is 6.54 Å². The number of carbonyl (C=O) groups excluding carboxylic acids is 1. The van der Waals surface area contributed by atoms with Gasteiger partial charge in [-0.1, -0.05) is 54.1 Å². The molecule has 0 unspecified atom stereocenters. The van der Waals surface area contributed by atoms with Crippen molar-refractivity contribution < 1.29 is 23.1 Å². The SMILES string of the molecule is Cc1cccc(Cl)c1S(=O)(=O)N[C@@H]1c2cc(C(=O)NCCc3ccccc3)ccc2OC(C)(C)[C@H]1O. The molecule has 1 aliphatic rings. The highest BCUT2D eigenvalue weighted by Crippen LogP contribution is 2.41. The third-order valence-corrected chi connectivity index (χ3v) is 8.34. The van der Waals surface area contributed by atoms with Crippen LogP contribution in [0.2, 0.25) is 5.02 Å². The van der Waals surface area contributed by atoms with Crippen LogP contribution in [0.3, 0.4) is 0 Å². The van der Waals surface area contributed by atoms with Crippen molar-refractivity contribution >= 4 is 27.5 Å². The number of sulfonamides is 1. The second-order valence-corrected chi connectivity index (χ2v) is 11.4. The van der Waals surface area contributed by atoms with Crippen LogP contribution < -0.4 is 14.8 Å². The molecule has 0 radical (unpaired) electrons. The second kappa shape index (κ2) is 10.2. The number of halogens is 1. The molecule has 0 saturated carbocycles. The van der Waals surface area contributed by atoms with Gasteiger partial charge in [0, 0.05) is 17.7 Å². The van der Waals surface area contributed by atoms with Gasteiger partial charge in [-0.15, -0.1) is 0 Å². The van der Waals surface area contributed by atoms with Crippen LogP contribution in [0.15, 0.2) is 71.6 Å². The van der Waals surface area contributed by atoms with E-state index in [1.54, 1.807) is 51.1 Å². The van der Waals surface area contributed by atoms with Gasteiger partial charge in [0.15, 0.2) is 0 Å². The maximum Gasteiger partial charge on any atom is 0.251 e. The fourth-order valence-electron chi connectivity index (χ4n) is 4.32. The molecule has 1 amide bonds. The molecule has 3 N–H and O–H groups in total. The summed E-state index contributed by atoms with van der Waals surface area (Å²) in [5.74, 6) is 0.0753. The molecular formula is C27H29ClN2O5S. The van der Waals surface area contributed by atoms with E-state index in [0.717, 1.165) is 5.56 Å². The van der Waals surface area contributed by atoms with Gasteiger partial charge in [-0.05, 0) is 62.6 Å². The third kappa shape index (κ3) is 5.42. The number of amides is 1. The van der Waals surface area contributed by atoms with E-state index < -0.39 is 27.8 Å². The average molecular weight is 529 g/mol. The van der Waals surface area contributed by atoms with Crippen LogP contribution in [0.1, 0.15) is 46.9 Å². The van der Waals surface area contributed by atoms with Crippen LogP contribution in [0.5, 0.6) is 5.75 Å². The zero-order valence-corrected chi connectivity index (χ0v) is 21.9. The number of fused-ring (bicyclic) bond motifs is 1.